The van der Waals surface area contributed by atoms with Crippen molar-refractivity contribution in [2.75, 3.05) is 13.2 Å². The molecule has 2 aliphatic rings. The van der Waals surface area contributed by atoms with Gasteiger partial charge < -0.3 is 9.84 Å². The normalized spacial score (nSPS) is 30.2. The predicted molar refractivity (Wildman–Crippen MR) is 51.6 cm³/mol. The molecule has 0 spiro atoms. The molecular weight excluding hydrogens is 164 g/mol. The third-order valence-electron chi connectivity index (χ3n) is 3.70. The van der Waals surface area contributed by atoms with E-state index in [2.05, 4.69) is 0 Å². The van der Waals surface area contributed by atoms with Gasteiger partial charge in [0.2, 0.25) is 0 Å². The molecule has 1 saturated heterocycles. The van der Waals surface area contributed by atoms with Crippen LogP contribution in [0.15, 0.2) is 0 Å². The van der Waals surface area contributed by atoms with E-state index in [9.17, 15) is 5.11 Å². The fourth-order valence-corrected chi connectivity index (χ4v) is 2.81. The van der Waals surface area contributed by atoms with E-state index in [1.807, 2.05) is 0 Å². The lowest BCUT2D eigenvalue weighted by atomic mass is 9.73. The molecule has 0 aromatic carbocycles. The van der Waals surface area contributed by atoms with Crippen LogP contribution < -0.4 is 0 Å². The van der Waals surface area contributed by atoms with Crippen LogP contribution in [0.5, 0.6) is 0 Å². The zero-order valence-corrected chi connectivity index (χ0v) is 8.30. The SMILES string of the molecule is OC1(C2CCOCC2)CCCCC1. The maximum atomic E-state index is 10.4. The van der Waals surface area contributed by atoms with Crippen molar-refractivity contribution in [1.29, 1.82) is 0 Å². The molecule has 1 aliphatic carbocycles. The van der Waals surface area contributed by atoms with Gasteiger partial charge in [-0.1, -0.05) is 19.3 Å². The highest BCUT2D eigenvalue weighted by Crippen LogP contribution is 2.38. The highest BCUT2D eigenvalue weighted by molar-refractivity contribution is 4.89. The molecule has 1 heterocycles. The van der Waals surface area contributed by atoms with Crippen LogP contribution in [0.25, 0.3) is 0 Å². The number of aliphatic hydroxyl groups is 1. The second-order valence-electron chi connectivity index (χ2n) is 4.55. The van der Waals surface area contributed by atoms with Crippen LogP contribution in [0.1, 0.15) is 44.9 Å². The Labute approximate surface area is 80.3 Å². The van der Waals surface area contributed by atoms with Crippen LogP contribution >= 0.6 is 0 Å². The van der Waals surface area contributed by atoms with E-state index in [0.29, 0.717) is 5.92 Å². The van der Waals surface area contributed by atoms with Gasteiger partial charge in [0.1, 0.15) is 0 Å². The molecule has 1 aliphatic heterocycles. The zero-order valence-electron chi connectivity index (χ0n) is 8.30. The Morgan fingerprint density at radius 1 is 1.00 bits per heavy atom. The first kappa shape index (κ1) is 9.47. The van der Waals surface area contributed by atoms with E-state index in [4.69, 9.17) is 4.74 Å². The van der Waals surface area contributed by atoms with Crippen LogP contribution in [0.4, 0.5) is 0 Å². The summed E-state index contributed by atoms with van der Waals surface area (Å²) in [6.45, 7) is 1.71. The number of hydrogen-bond acceptors (Lipinski definition) is 2. The average molecular weight is 184 g/mol. The van der Waals surface area contributed by atoms with Crippen molar-refractivity contribution in [3.63, 3.8) is 0 Å². The van der Waals surface area contributed by atoms with Gasteiger partial charge in [-0.15, -0.1) is 0 Å². The largest absolute Gasteiger partial charge is 0.390 e. The minimum atomic E-state index is -0.331. The van der Waals surface area contributed by atoms with Crippen LogP contribution in [0.3, 0.4) is 0 Å². The summed E-state index contributed by atoms with van der Waals surface area (Å²) in [6, 6.07) is 0. The van der Waals surface area contributed by atoms with E-state index in [1.54, 1.807) is 0 Å². The fourth-order valence-electron chi connectivity index (χ4n) is 2.81. The molecule has 0 bridgehead atoms. The molecular formula is C11H20O2. The van der Waals surface area contributed by atoms with Crippen molar-refractivity contribution in [3.05, 3.63) is 0 Å². The summed E-state index contributed by atoms with van der Waals surface area (Å²) in [5.41, 5.74) is -0.331. The fraction of sp³-hybridized carbons (Fsp3) is 1.00. The molecule has 0 atom stereocenters. The summed E-state index contributed by atoms with van der Waals surface area (Å²) in [7, 11) is 0. The molecule has 76 valence electrons. The Morgan fingerprint density at radius 2 is 1.62 bits per heavy atom. The molecule has 2 heteroatoms. The van der Waals surface area contributed by atoms with Crippen molar-refractivity contribution in [3.8, 4) is 0 Å². The van der Waals surface area contributed by atoms with Crippen molar-refractivity contribution in [2.24, 2.45) is 5.92 Å². The first-order valence-electron chi connectivity index (χ1n) is 5.61. The summed E-state index contributed by atoms with van der Waals surface area (Å²) >= 11 is 0. The maximum Gasteiger partial charge on any atom is 0.0677 e. The molecule has 13 heavy (non-hydrogen) atoms. The Balaban J connectivity index is 1.94. The Bertz CT molecular complexity index is 155. The molecule has 2 nitrogen and oxygen atoms in total. The Morgan fingerprint density at radius 3 is 2.23 bits per heavy atom. The molecule has 2 fully saturated rings. The number of rotatable bonds is 1. The van der Waals surface area contributed by atoms with E-state index in [1.165, 1.54) is 19.3 Å². The lowest BCUT2D eigenvalue weighted by molar-refractivity contribution is -0.0862. The second kappa shape index (κ2) is 3.97. The summed E-state index contributed by atoms with van der Waals surface area (Å²) in [5, 5.41) is 10.4. The Hall–Kier alpha value is -0.0800. The topological polar surface area (TPSA) is 29.5 Å². The molecule has 1 N–H and O–H groups in total. The van der Waals surface area contributed by atoms with Crippen LogP contribution in [0.2, 0.25) is 0 Å². The van der Waals surface area contributed by atoms with E-state index < -0.39 is 0 Å². The minimum absolute atomic E-state index is 0.331. The van der Waals surface area contributed by atoms with Gasteiger partial charge in [0.25, 0.3) is 0 Å². The smallest absolute Gasteiger partial charge is 0.0677 e. The third kappa shape index (κ3) is 2.05. The summed E-state index contributed by atoms with van der Waals surface area (Å²) < 4.78 is 5.32. The molecule has 0 aromatic rings. The van der Waals surface area contributed by atoms with E-state index in [-0.39, 0.29) is 5.60 Å². The minimum Gasteiger partial charge on any atom is -0.390 e. The van der Waals surface area contributed by atoms with Crippen molar-refractivity contribution < 1.29 is 9.84 Å². The van der Waals surface area contributed by atoms with Gasteiger partial charge in [0.05, 0.1) is 5.60 Å². The van der Waals surface area contributed by atoms with Crippen molar-refractivity contribution in [1.82, 2.24) is 0 Å². The third-order valence-corrected chi connectivity index (χ3v) is 3.70. The standard InChI is InChI=1S/C11H20O2/c12-11(6-2-1-3-7-11)10-4-8-13-9-5-10/h10,12H,1-9H2. The van der Waals surface area contributed by atoms with Gasteiger partial charge in [-0.3, -0.25) is 0 Å². The molecule has 0 amide bonds. The lowest BCUT2D eigenvalue weighted by Gasteiger charge is -2.41. The first-order valence-corrected chi connectivity index (χ1v) is 5.61. The maximum absolute atomic E-state index is 10.4. The van der Waals surface area contributed by atoms with Crippen LogP contribution in [0, 0.1) is 5.92 Å². The van der Waals surface area contributed by atoms with Gasteiger partial charge in [0, 0.05) is 13.2 Å². The van der Waals surface area contributed by atoms with Crippen molar-refractivity contribution >= 4 is 0 Å². The number of hydrogen-bond donors (Lipinski definition) is 1. The van der Waals surface area contributed by atoms with Gasteiger partial charge in [0.15, 0.2) is 0 Å². The van der Waals surface area contributed by atoms with Gasteiger partial charge in [-0.25, -0.2) is 0 Å². The van der Waals surface area contributed by atoms with Gasteiger partial charge in [-0.05, 0) is 31.6 Å². The monoisotopic (exact) mass is 184 g/mol. The van der Waals surface area contributed by atoms with Crippen LogP contribution in [-0.2, 0) is 4.74 Å². The highest BCUT2D eigenvalue weighted by atomic mass is 16.5. The summed E-state index contributed by atoms with van der Waals surface area (Å²) in [5.74, 6) is 0.515. The number of ether oxygens (including phenoxy) is 1. The molecule has 1 saturated carbocycles. The Kier molecular flexibility index (Phi) is 2.89. The molecule has 0 aromatic heterocycles. The van der Waals surface area contributed by atoms with E-state index >= 15 is 0 Å². The van der Waals surface area contributed by atoms with E-state index in [0.717, 1.165) is 38.9 Å². The summed E-state index contributed by atoms with van der Waals surface area (Å²) in [6.07, 6.45) is 7.93. The zero-order chi connectivity index (χ0) is 9.15. The van der Waals surface area contributed by atoms with Gasteiger partial charge >= 0.3 is 0 Å². The molecule has 2 rings (SSSR count). The quantitative estimate of drug-likeness (QED) is 0.676. The van der Waals surface area contributed by atoms with Crippen molar-refractivity contribution in [2.45, 2.75) is 50.5 Å². The molecule has 0 unspecified atom stereocenters. The second-order valence-corrected chi connectivity index (χ2v) is 4.55. The highest BCUT2D eigenvalue weighted by Gasteiger charge is 2.38. The average Bonchev–Trinajstić information content (AvgIpc) is 2.20. The van der Waals surface area contributed by atoms with Gasteiger partial charge in [-0.2, -0.15) is 0 Å². The summed E-state index contributed by atoms with van der Waals surface area (Å²) in [4.78, 5) is 0. The lowest BCUT2D eigenvalue weighted by Crippen LogP contribution is -2.42. The molecule has 0 radical (unpaired) electrons. The predicted octanol–water partition coefficient (Wildman–Crippen LogP) is 2.11. The van der Waals surface area contributed by atoms with Crippen LogP contribution in [-0.4, -0.2) is 23.9 Å². The first-order chi connectivity index (χ1) is 6.31.